The summed E-state index contributed by atoms with van der Waals surface area (Å²) >= 11 is -2.09. The first-order valence-electron chi connectivity index (χ1n) is 4.78. The van der Waals surface area contributed by atoms with Crippen LogP contribution in [0.1, 0.15) is 12.8 Å². The first-order chi connectivity index (χ1) is 8.04. The van der Waals surface area contributed by atoms with E-state index in [0.717, 1.165) is 0 Å². The second kappa shape index (κ2) is 9.82. The molecule has 1 rings (SSSR count). The van der Waals surface area contributed by atoms with Crippen molar-refractivity contribution >= 4 is 17.0 Å². The average Bonchev–Trinajstić information content (AvgIpc) is 2.31. The number of nitrogens with zero attached hydrogens (tertiary/aromatic N) is 2. The van der Waals surface area contributed by atoms with Gasteiger partial charge in [-0.05, 0) is 18.9 Å². The quantitative estimate of drug-likeness (QED) is 0.685. The number of carbonyl (C=O) groups is 1. The fourth-order valence-corrected chi connectivity index (χ4v) is 1.20. The van der Waals surface area contributed by atoms with E-state index in [1.54, 1.807) is 18.5 Å². The van der Waals surface area contributed by atoms with Crippen LogP contribution in [0.3, 0.4) is 0 Å². The predicted octanol–water partition coefficient (Wildman–Crippen LogP) is -0.466. The molecule has 96 valence electrons. The zero-order valence-corrected chi connectivity index (χ0v) is 9.88. The summed E-state index contributed by atoms with van der Waals surface area (Å²) < 4.78 is 19.9. The fourth-order valence-electron chi connectivity index (χ4n) is 0.798. The molecule has 0 spiro atoms. The van der Waals surface area contributed by atoms with Crippen LogP contribution in [0.25, 0.3) is 0 Å². The van der Waals surface area contributed by atoms with Crippen molar-refractivity contribution < 1.29 is 18.7 Å². The van der Waals surface area contributed by atoms with Crippen molar-refractivity contribution in [1.82, 2.24) is 9.97 Å². The Kier molecular flexibility index (Phi) is 9.02. The third-order valence-electron chi connectivity index (χ3n) is 1.62. The smallest absolute Gasteiger partial charge is 0.320 e. The molecule has 0 aliphatic heterocycles. The van der Waals surface area contributed by atoms with Crippen LogP contribution >= 0.6 is 0 Å². The largest absolute Gasteiger partial charge is 0.772 e. The van der Waals surface area contributed by atoms with E-state index in [0.29, 0.717) is 6.42 Å². The van der Waals surface area contributed by atoms with Gasteiger partial charge in [0.1, 0.15) is 12.4 Å². The third kappa shape index (κ3) is 10.9. The van der Waals surface area contributed by atoms with Gasteiger partial charge in [-0.15, -0.1) is 0 Å². The molecule has 17 heavy (non-hydrogen) atoms. The van der Waals surface area contributed by atoms with Gasteiger partial charge in [0.25, 0.3) is 0 Å². The number of nitrogens with two attached hydrogens (primary N) is 1. The maximum Gasteiger partial charge on any atom is 0.320 e. The van der Waals surface area contributed by atoms with Crippen molar-refractivity contribution in [2.75, 3.05) is 5.75 Å². The zero-order valence-electron chi connectivity index (χ0n) is 9.06. The van der Waals surface area contributed by atoms with Crippen molar-refractivity contribution in [3.8, 4) is 0 Å². The van der Waals surface area contributed by atoms with Gasteiger partial charge in [0, 0.05) is 18.1 Å². The minimum Gasteiger partial charge on any atom is -0.772 e. The van der Waals surface area contributed by atoms with Gasteiger partial charge in [0.2, 0.25) is 0 Å². The van der Waals surface area contributed by atoms with Gasteiger partial charge >= 0.3 is 5.97 Å². The average molecular weight is 260 g/mol. The van der Waals surface area contributed by atoms with Crippen molar-refractivity contribution in [1.29, 1.82) is 0 Å². The molecule has 0 saturated carbocycles. The molecular weight excluding hydrogens is 246 g/mol. The van der Waals surface area contributed by atoms with Gasteiger partial charge in [-0.2, -0.15) is 0 Å². The first kappa shape index (κ1) is 15.6. The van der Waals surface area contributed by atoms with Crippen LogP contribution in [0, 0.1) is 0 Å². The maximum absolute atomic E-state index is 10.1. The summed E-state index contributed by atoms with van der Waals surface area (Å²) in [4.78, 5) is 17.4. The highest BCUT2D eigenvalue weighted by atomic mass is 32.2. The molecular formula is C9H14N3O4S-. The van der Waals surface area contributed by atoms with Gasteiger partial charge in [0.15, 0.2) is 0 Å². The Balaban J connectivity index is 0.000000354. The molecule has 0 aliphatic carbocycles. The molecule has 0 aromatic carbocycles. The lowest BCUT2D eigenvalue weighted by molar-refractivity contribution is -0.138. The van der Waals surface area contributed by atoms with E-state index in [9.17, 15) is 13.6 Å². The highest BCUT2D eigenvalue weighted by Crippen LogP contribution is 1.95. The summed E-state index contributed by atoms with van der Waals surface area (Å²) in [6.07, 6.45) is 5.37. The summed E-state index contributed by atoms with van der Waals surface area (Å²) in [7, 11) is 0. The van der Waals surface area contributed by atoms with Crippen LogP contribution in [-0.4, -0.2) is 41.6 Å². The second-order valence-corrected chi connectivity index (χ2v) is 4.01. The monoisotopic (exact) mass is 260 g/mol. The highest BCUT2D eigenvalue weighted by Gasteiger charge is 2.09. The van der Waals surface area contributed by atoms with Crippen molar-refractivity contribution in [3.63, 3.8) is 0 Å². The fraction of sp³-hybridized carbons (Fsp3) is 0.444. The molecule has 3 N–H and O–H groups in total. The van der Waals surface area contributed by atoms with Crippen LogP contribution in [0.4, 0.5) is 0 Å². The molecule has 0 amide bonds. The molecule has 7 nitrogen and oxygen atoms in total. The number of carboxylic acid groups (broad SMARTS) is 1. The van der Waals surface area contributed by atoms with Gasteiger partial charge in [0.05, 0.1) is 0 Å². The molecule has 1 aromatic heterocycles. The van der Waals surface area contributed by atoms with Crippen LogP contribution in [0.15, 0.2) is 24.8 Å². The number of hydrogen-bond acceptors (Lipinski definition) is 6. The van der Waals surface area contributed by atoms with E-state index in [2.05, 4.69) is 9.97 Å². The maximum atomic E-state index is 10.1. The van der Waals surface area contributed by atoms with Gasteiger partial charge in [-0.1, -0.05) is 11.1 Å². The Hall–Kier alpha value is -1.38. The van der Waals surface area contributed by atoms with E-state index in [4.69, 9.17) is 10.8 Å². The van der Waals surface area contributed by atoms with Gasteiger partial charge in [-0.25, -0.2) is 9.97 Å². The van der Waals surface area contributed by atoms with Crippen LogP contribution in [0.2, 0.25) is 0 Å². The van der Waals surface area contributed by atoms with Gasteiger partial charge < -0.3 is 15.4 Å². The van der Waals surface area contributed by atoms with Crippen molar-refractivity contribution in [3.05, 3.63) is 24.8 Å². The lowest BCUT2D eigenvalue weighted by atomic mass is 10.2. The molecule has 0 bridgehead atoms. The normalized spacial score (nSPS) is 13.1. The number of carboxylic acids is 1. The molecule has 2 unspecified atom stereocenters. The van der Waals surface area contributed by atoms with E-state index in [1.165, 1.54) is 6.33 Å². The molecule has 0 radical (unpaired) electrons. The third-order valence-corrected chi connectivity index (χ3v) is 2.24. The number of hydrogen-bond donors (Lipinski definition) is 2. The molecule has 0 fully saturated rings. The Morgan fingerprint density at radius 3 is 2.35 bits per heavy atom. The van der Waals surface area contributed by atoms with E-state index < -0.39 is 23.1 Å². The van der Waals surface area contributed by atoms with Crippen molar-refractivity contribution in [2.45, 2.75) is 18.9 Å². The van der Waals surface area contributed by atoms with E-state index >= 15 is 0 Å². The molecule has 0 saturated heterocycles. The molecule has 1 heterocycles. The summed E-state index contributed by atoms with van der Waals surface area (Å²) in [6, 6.07) is 0.832. The Labute approximate surface area is 101 Å². The number of aliphatic carboxylic acids is 1. The highest BCUT2D eigenvalue weighted by molar-refractivity contribution is 7.79. The van der Waals surface area contributed by atoms with E-state index in [1.807, 2.05) is 0 Å². The van der Waals surface area contributed by atoms with Crippen LogP contribution in [0.5, 0.6) is 0 Å². The summed E-state index contributed by atoms with van der Waals surface area (Å²) in [6.45, 7) is 0. The standard InChI is InChI=1S/C5H11NO4S.C4H4N2/c6-4(5(7)8)2-1-3-11(9)10;1-2-5-4-6-3-1/h4H,1-3,6H2,(H,7,8)(H,9,10);1-4H/p-1. The molecule has 8 heteroatoms. The minimum absolute atomic E-state index is 0.0268. The van der Waals surface area contributed by atoms with Crippen LogP contribution < -0.4 is 5.73 Å². The second-order valence-electron chi connectivity index (χ2n) is 3.00. The molecule has 0 aliphatic rings. The minimum atomic E-state index is -2.09. The number of aromatic nitrogens is 2. The summed E-state index contributed by atoms with van der Waals surface area (Å²) in [5, 5.41) is 8.27. The summed E-state index contributed by atoms with van der Waals surface area (Å²) in [5.74, 6) is -1.12. The topological polar surface area (TPSA) is 129 Å². The molecule has 1 aromatic rings. The number of rotatable bonds is 5. The first-order valence-corrected chi connectivity index (χ1v) is 6.02. The van der Waals surface area contributed by atoms with Crippen LogP contribution in [-0.2, 0) is 15.9 Å². The van der Waals surface area contributed by atoms with Gasteiger partial charge in [-0.3, -0.25) is 9.00 Å². The SMILES string of the molecule is NC(CCCS(=O)[O-])C(=O)O.c1cncnc1. The van der Waals surface area contributed by atoms with E-state index in [-0.39, 0.29) is 12.2 Å². The lowest BCUT2D eigenvalue weighted by Crippen LogP contribution is -2.30. The zero-order chi connectivity index (χ0) is 13.1. The molecule has 2 atom stereocenters. The Morgan fingerprint density at radius 2 is 2.06 bits per heavy atom. The lowest BCUT2D eigenvalue weighted by Gasteiger charge is -2.06. The van der Waals surface area contributed by atoms with Crippen molar-refractivity contribution in [2.24, 2.45) is 5.73 Å². The Bertz CT molecular complexity index is 310. The Morgan fingerprint density at radius 1 is 1.47 bits per heavy atom. The summed E-state index contributed by atoms with van der Waals surface area (Å²) in [5.41, 5.74) is 5.10. The predicted molar refractivity (Wildman–Crippen MR) is 60.7 cm³/mol.